The number of nitrogens with one attached hydrogen (secondary N) is 1. The van der Waals surface area contributed by atoms with Crippen molar-refractivity contribution in [1.82, 2.24) is 5.32 Å². The fourth-order valence-electron chi connectivity index (χ4n) is 2.42. The van der Waals surface area contributed by atoms with Crippen molar-refractivity contribution in [3.05, 3.63) is 0 Å². The number of unbranched alkanes of at least 4 members (excludes halogenated alkanes) is 10. The van der Waals surface area contributed by atoms with E-state index in [1.807, 2.05) is 0 Å². The number of carboxylic acid groups (broad SMARTS) is 1. The van der Waals surface area contributed by atoms with Gasteiger partial charge in [-0.2, -0.15) is 12.6 Å². The maximum Gasteiger partial charge on any atom is 0.303 e. The first-order valence-electron chi connectivity index (χ1n) is 8.94. The Balaban J connectivity index is 3.13. The highest BCUT2D eigenvalue weighted by Crippen LogP contribution is 2.11. The first kappa shape index (κ1) is 22.2. The van der Waals surface area contributed by atoms with E-state index >= 15 is 0 Å². The Morgan fingerprint density at radius 2 is 1.30 bits per heavy atom. The van der Waals surface area contributed by atoms with Crippen LogP contribution in [-0.2, 0) is 9.59 Å². The van der Waals surface area contributed by atoms with Crippen LogP contribution in [-0.4, -0.2) is 35.3 Å². The predicted octanol–water partition coefficient (Wildman–Crippen LogP) is 3.13. The van der Waals surface area contributed by atoms with Gasteiger partial charge in [-0.3, -0.25) is 9.59 Å². The van der Waals surface area contributed by atoms with Gasteiger partial charge in [0.25, 0.3) is 0 Å². The van der Waals surface area contributed by atoms with Gasteiger partial charge in [0.2, 0.25) is 5.91 Å². The molecular weight excluding hydrogens is 312 g/mol. The van der Waals surface area contributed by atoms with E-state index in [9.17, 15) is 9.59 Å². The van der Waals surface area contributed by atoms with Gasteiger partial charge in [-0.15, -0.1) is 0 Å². The van der Waals surface area contributed by atoms with Crippen LogP contribution in [0.15, 0.2) is 0 Å². The quantitative estimate of drug-likeness (QED) is 0.255. The zero-order valence-electron chi connectivity index (χ0n) is 14.3. The SMILES string of the molecule is NC(CS)C(=O)NCCCCCCCCCCCCCC(=O)O. The van der Waals surface area contributed by atoms with E-state index in [-0.39, 0.29) is 5.91 Å². The summed E-state index contributed by atoms with van der Waals surface area (Å²) in [6.07, 6.45) is 12.9. The highest BCUT2D eigenvalue weighted by Gasteiger charge is 2.09. The van der Waals surface area contributed by atoms with Crippen LogP contribution >= 0.6 is 12.6 Å². The summed E-state index contributed by atoms with van der Waals surface area (Å²) in [5, 5.41) is 11.4. The molecule has 0 aromatic heterocycles. The number of hydrogen-bond donors (Lipinski definition) is 4. The standard InChI is InChI=1S/C17H34N2O3S/c18-15(14-23)17(22)19-13-11-9-7-5-3-1-2-4-6-8-10-12-16(20)21/h15,23H,1-14,18H2,(H,19,22)(H,20,21). The van der Waals surface area contributed by atoms with Gasteiger partial charge in [-0.05, 0) is 12.8 Å². The summed E-state index contributed by atoms with van der Waals surface area (Å²) in [7, 11) is 0. The molecular formula is C17H34N2O3S. The number of hydrogen-bond acceptors (Lipinski definition) is 4. The largest absolute Gasteiger partial charge is 0.481 e. The fourth-order valence-corrected chi connectivity index (χ4v) is 2.58. The van der Waals surface area contributed by atoms with Crippen LogP contribution in [0.5, 0.6) is 0 Å². The average molecular weight is 347 g/mol. The maximum atomic E-state index is 11.4. The van der Waals surface area contributed by atoms with Crippen LogP contribution in [0, 0.1) is 0 Å². The molecule has 0 aromatic carbocycles. The summed E-state index contributed by atoms with van der Waals surface area (Å²) in [5.41, 5.74) is 5.56. The van der Waals surface area contributed by atoms with Crippen molar-refractivity contribution in [3.8, 4) is 0 Å². The van der Waals surface area contributed by atoms with Crippen molar-refractivity contribution in [3.63, 3.8) is 0 Å². The molecule has 0 aliphatic carbocycles. The topological polar surface area (TPSA) is 92.4 Å². The third-order valence-corrected chi connectivity index (χ3v) is 4.29. The summed E-state index contributed by atoms with van der Waals surface area (Å²) in [6, 6.07) is -0.498. The Bertz CT molecular complexity index is 314. The molecule has 0 heterocycles. The zero-order chi connectivity index (χ0) is 17.3. The molecule has 0 aromatic rings. The molecule has 0 rings (SSSR count). The van der Waals surface area contributed by atoms with Crippen molar-refractivity contribution in [2.45, 2.75) is 83.1 Å². The lowest BCUT2D eigenvalue weighted by Crippen LogP contribution is -2.42. The normalized spacial score (nSPS) is 12.1. The van der Waals surface area contributed by atoms with E-state index in [0.29, 0.717) is 18.7 Å². The summed E-state index contributed by atoms with van der Waals surface area (Å²) < 4.78 is 0. The van der Waals surface area contributed by atoms with Crippen molar-refractivity contribution >= 4 is 24.5 Å². The number of thiol groups is 1. The summed E-state index contributed by atoms with van der Waals surface area (Å²) in [6.45, 7) is 0.705. The molecule has 0 fully saturated rings. The van der Waals surface area contributed by atoms with Crippen molar-refractivity contribution in [2.75, 3.05) is 12.3 Å². The molecule has 0 bridgehead atoms. The second-order valence-electron chi connectivity index (χ2n) is 6.11. The van der Waals surface area contributed by atoms with Gasteiger partial charge in [0, 0.05) is 18.7 Å². The highest BCUT2D eigenvalue weighted by molar-refractivity contribution is 7.80. The van der Waals surface area contributed by atoms with Gasteiger partial charge in [-0.1, -0.05) is 57.8 Å². The third-order valence-electron chi connectivity index (χ3n) is 3.90. The maximum absolute atomic E-state index is 11.4. The lowest BCUT2D eigenvalue weighted by atomic mass is 10.1. The Morgan fingerprint density at radius 1 is 0.870 bits per heavy atom. The molecule has 0 saturated heterocycles. The number of rotatable bonds is 16. The van der Waals surface area contributed by atoms with Crippen molar-refractivity contribution < 1.29 is 14.7 Å². The molecule has 4 N–H and O–H groups in total. The molecule has 1 amide bonds. The summed E-state index contributed by atoms with van der Waals surface area (Å²) in [5.74, 6) is -0.414. The second kappa shape index (κ2) is 16.1. The Hall–Kier alpha value is -0.750. The Labute approximate surface area is 146 Å². The van der Waals surface area contributed by atoms with Gasteiger partial charge < -0.3 is 16.2 Å². The first-order valence-corrected chi connectivity index (χ1v) is 9.57. The summed E-state index contributed by atoms with van der Waals surface area (Å²) in [4.78, 5) is 21.7. The predicted molar refractivity (Wildman–Crippen MR) is 97.9 cm³/mol. The van der Waals surface area contributed by atoms with E-state index in [0.717, 1.165) is 32.1 Å². The van der Waals surface area contributed by atoms with Gasteiger partial charge in [0.1, 0.15) is 0 Å². The Morgan fingerprint density at radius 3 is 1.74 bits per heavy atom. The van der Waals surface area contributed by atoms with E-state index in [1.54, 1.807) is 0 Å². The second-order valence-corrected chi connectivity index (χ2v) is 6.48. The van der Waals surface area contributed by atoms with Gasteiger partial charge in [-0.25, -0.2) is 0 Å². The average Bonchev–Trinajstić information content (AvgIpc) is 2.53. The molecule has 0 aliphatic rings. The van der Waals surface area contributed by atoms with Gasteiger partial charge in [0.15, 0.2) is 0 Å². The highest BCUT2D eigenvalue weighted by atomic mass is 32.1. The molecule has 1 unspecified atom stereocenters. The first-order chi connectivity index (χ1) is 11.1. The minimum absolute atomic E-state index is 0.108. The monoisotopic (exact) mass is 346 g/mol. The molecule has 6 heteroatoms. The minimum atomic E-state index is -0.686. The number of carbonyl (C=O) groups is 2. The molecule has 1 atom stereocenters. The minimum Gasteiger partial charge on any atom is -0.481 e. The van der Waals surface area contributed by atoms with Crippen LogP contribution in [0.4, 0.5) is 0 Å². The van der Waals surface area contributed by atoms with Crippen LogP contribution in [0.2, 0.25) is 0 Å². The van der Waals surface area contributed by atoms with E-state index in [1.165, 1.54) is 38.5 Å². The molecule has 23 heavy (non-hydrogen) atoms. The number of carbonyl (C=O) groups excluding carboxylic acids is 1. The summed E-state index contributed by atoms with van der Waals surface area (Å²) >= 11 is 4.00. The molecule has 0 aliphatic heterocycles. The third kappa shape index (κ3) is 15.9. The van der Waals surface area contributed by atoms with Crippen molar-refractivity contribution in [1.29, 1.82) is 0 Å². The van der Waals surface area contributed by atoms with Crippen LogP contribution in [0.25, 0.3) is 0 Å². The zero-order valence-corrected chi connectivity index (χ0v) is 15.2. The van der Waals surface area contributed by atoms with Gasteiger partial charge >= 0.3 is 5.97 Å². The van der Waals surface area contributed by atoms with Crippen LogP contribution in [0.3, 0.4) is 0 Å². The molecule has 0 saturated carbocycles. The lowest BCUT2D eigenvalue weighted by Gasteiger charge is -2.09. The number of carboxylic acids is 1. The number of aliphatic carboxylic acids is 1. The smallest absolute Gasteiger partial charge is 0.303 e. The Kier molecular flexibility index (Phi) is 15.6. The molecule has 136 valence electrons. The van der Waals surface area contributed by atoms with Crippen LogP contribution < -0.4 is 11.1 Å². The van der Waals surface area contributed by atoms with E-state index < -0.39 is 12.0 Å². The molecule has 5 nitrogen and oxygen atoms in total. The molecule has 0 radical (unpaired) electrons. The number of amides is 1. The molecule has 0 spiro atoms. The fraction of sp³-hybridized carbons (Fsp3) is 0.882. The van der Waals surface area contributed by atoms with Crippen molar-refractivity contribution in [2.24, 2.45) is 5.73 Å². The van der Waals surface area contributed by atoms with E-state index in [4.69, 9.17) is 10.8 Å². The number of nitrogens with two attached hydrogens (primary N) is 1. The lowest BCUT2D eigenvalue weighted by molar-refractivity contribution is -0.137. The van der Waals surface area contributed by atoms with E-state index in [2.05, 4.69) is 17.9 Å². The van der Waals surface area contributed by atoms with Crippen LogP contribution in [0.1, 0.15) is 77.0 Å². The van der Waals surface area contributed by atoms with Gasteiger partial charge in [0.05, 0.1) is 6.04 Å².